The van der Waals surface area contributed by atoms with Gasteiger partial charge in [-0.2, -0.15) is 5.21 Å². The Bertz CT molecular complexity index is 1830. The lowest BCUT2D eigenvalue weighted by molar-refractivity contribution is 0.215. The van der Waals surface area contributed by atoms with Crippen LogP contribution in [0.2, 0.25) is 0 Å². The molecule has 2 N–H and O–H groups in total. The summed E-state index contributed by atoms with van der Waals surface area (Å²) in [5.41, 5.74) is 10.0. The van der Waals surface area contributed by atoms with Crippen molar-refractivity contribution in [3.8, 4) is 22.5 Å². The Morgan fingerprint density at radius 3 is 2.55 bits per heavy atom. The minimum Gasteiger partial charge on any atom is -0.382 e. The SMILES string of the molecule is CCc1nc2c(C)cc([C@H](O)c3ccccc3)nc2n1C1CCc2cc(-c3ccccc3-c3nn[nH]n3)ccc21. The number of benzene rings is 3. The molecule has 8 nitrogen and oxygen atoms in total. The molecule has 6 aromatic rings. The molecule has 0 spiro atoms. The summed E-state index contributed by atoms with van der Waals surface area (Å²) in [6, 6.07) is 26.7. The minimum atomic E-state index is -0.796. The summed E-state index contributed by atoms with van der Waals surface area (Å²) in [5, 5.41) is 25.9. The molecule has 1 aliphatic carbocycles. The fourth-order valence-corrected chi connectivity index (χ4v) is 6.04. The number of fused-ring (bicyclic) bond motifs is 2. The molecular formula is C32H29N7O. The zero-order valence-corrected chi connectivity index (χ0v) is 22.4. The van der Waals surface area contributed by atoms with Crippen LogP contribution in [-0.4, -0.2) is 40.3 Å². The highest BCUT2D eigenvalue weighted by Gasteiger charge is 2.29. The summed E-state index contributed by atoms with van der Waals surface area (Å²) in [4.78, 5) is 10.1. The van der Waals surface area contributed by atoms with Crippen molar-refractivity contribution in [3.05, 3.63) is 113 Å². The van der Waals surface area contributed by atoms with E-state index in [0.29, 0.717) is 11.5 Å². The third kappa shape index (κ3) is 3.99. The second-order valence-electron chi connectivity index (χ2n) is 10.4. The second kappa shape index (κ2) is 9.81. The molecule has 0 radical (unpaired) electrons. The zero-order valence-electron chi connectivity index (χ0n) is 22.4. The highest BCUT2D eigenvalue weighted by Crippen LogP contribution is 2.41. The average Bonchev–Trinajstić information content (AvgIpc) is 3.75. The molecule has 198 valence electrons. The molecule has 0 saturated heterocycles. The lowest BCUT2D eigenvalue weighted by Gasteiger charge is -2.19. The van der Waals surface area contributed by atoms with E-state index < -0.39 is 6.10 Å². The number of hydrogen-bond acceptors (Lipinski definition) is 6. The standard InChI is InChI=1S/C32H29N7O/c1-3-28-34-29-19(2)17-26(30(40)20-9-5-4-6-10-20)33-32(29)39(28)27-16-14-22-18-21(13-15-24(22)27)23-11-7-8-12-25(23)31-35-37-38-36-31/h4-13,15,17-18,27,30,40H,3,14,16H2,1-2H3,(H,35,36,37,38)/t27?,30-/m1/s1. The number of aromatic nitrogens is 7. The van der Waals surface area contributed by atoms with Gasteiger partial charge in [0.2, 0.25) is 5.82 Å². The van der Waals surface area contributed by atoms with Crippen LogP contribution < -0.4 is 0 Å². The van der Waals surface area contributed by atoms with Crippen molar-refractivity contribution in [1.82, 2.24) is 35.2 Å². The van der Waals surface area contributed by atoms with Crippen LogP contribution in [0.25, 0.3) is 33.7 Å². The zero-order chi connectivity index (χ0) is 27.2. The van der Waals surface area contributed by atoms with Gasteiger partial charge in [0, 0.05) is 12.0 Å². The van der Waals surface area contributed by atoms with E-state index in [0.717, 1.165) is 64.1 Å². The molecule has 8 heteroatoms. The Morgan fingerprint density at radius 2 is 1.77 bits per heavy atom. The van der Waals surface area contributed by atoms with Crippen LogP contribution in [-0.2, 0) is 12.8 Å². The van der Waals surface area contributed by atoms with Gasteiger partial charge in [-0.05, 0) is 64.4 Å². The average molecular weight is 528 g/mol. The molecule has 3 aromatic heterocycles. The fourth-order valence-electron chi connectivity index (χ4n) is 6.04. The van der Waals surface area contributed by atoms with E-state index in [1.54, 1.807) is 0 Å². The van der Waals surface area contributed by atoms with Gasteiger partial charge in [-0.3, -0.25) is 0 Å². The first-order valence-electron chi connectivity index (χ1n) is 13.7. The number of rotatable bonds is 6. The molecule has 0 aliphatic heterocycles. The van der Waals surface area contributed by atoms with Crippen molar-refractivity contribution in [2.45, 2.75) is 45.3 Å². The first kappa shape index (κ1) is 24.4. The van der Waals surface area contributed by atoms with Gasteiger partial charge < -0.3 is 9.67 Å². The van der Waals surface area contributed by atoms with Gasteiger partial charge in [-0.1, -0.05) is 79.7 Å². The maximum atomic E-state index is 11.2. The largest absolute Gasteiger partial charge is 0.382 e. The Morgan fingerprint density at radius 1 is 0.975 bits per heavy atom. The molecule has 0 bridgehead atoms. The number of H-pyrrole nitrogens is 1. The maximum Gasteiger partial charge on any atom is 0.205 e. The van der Waals surface area contributed by atoms with Crippen LogP contribution in [0.4, 0.5) is 0 Å². The number of aromatic amines is 1. The summed E-state index contributed by atoms with van der Waals surface area (Å²) < 4.78 is 2.31. The van der Waals surface area contributed by atoms with E-state index in [1.807, 2.05) is 54.6 Å². The number of aliphatic hydroxyl groups is 1. The molecule has 2 atom stereocenters. The number of imidazole rings is 1. The molecule has 0 amide bonds. The highest BCUT2D eigenvalue weighted by molar-refractivity contribution is 5.81. The van der Waals surface area contributed by atoms with Gasteiger partial charge in [0.05, 0.1) is 11.7 Å². The molecule has 7 rings (SSSR count). The molecule has 3 aromatic carbocycles. The normalized spacial score (nSPS) is 15.4. The van der Waals surface area contributed by atoms with Gasteiger partial charge in [0.15, 0.2) is 5.65 Å². The molecule has 1 aliphatic rings. The molecule has 0 saturated carbocycles. The Kier molecular flexibility index (Phi) is 5.97. The Labute approximate surface area is 231 Å². The van der Waals surface area contributed by atoms with Crippen LogP contribution in [0.1, 0.15) is 59.3 Å². The van der Waals surface area contributed by atoms with Crippen molar-refractivity contribution in [3.63, 3.8) is 0 Å². The summed E-state index contributed by atoms with van der Waals surface area (Å²) >= 11 is 0. The van der Waals surface area contributed by atoms with E-state index in [4.69, 9.17) is 9.97 Å². The van der Waals surface area contributed by atoms with Crippen LogP contribution in [0.3, 0.4) is 0 Å². The number of tetrazole rings is 1. The van der Waals surface area contributed by atoms with E-state index in [1.165, 1.54) is 11.1 Å². The number of nitrogens with one attached hydrogen (secondary N) is 1. The van der Waals surface area contributed by atoms with Crippen LogP contribution in [0.5, 0.6) is 0 Å². The summed E-state index contributed by atoms with van der Waals surface area (Å²) in [7, 11) is 0. The number of nitrogens with zero attached hydrogens (tertiary/aromatic N) is 6. The van der Waals surface area contributed by atoms with Gasteiger partial charge in [0.25, 0.3) is 0 Å². The van der Waals surface area contributed by atoms with Crippen LogP contribution >= 0.6 is 0 Å². The van der Waals surface area contributed by atoms with Gasteiger partial charge in [-0.25, -0.2) is 9.97 Å². The van der Waals surface area contributed by atoms with Gasteiger partial charge >= 0.3 is 0 Å². The lowest BCUT2D eigenvalue weighted by atomic mass is 9.96. The van der Waals surface area contributed by atoms with E-state index in [2.05, 4.69) is 63.3 Å². The fraction of sp³-hybridized carbons (Fsp3) is 0.219. The maximum absolute atomic E-state index is 11.2. The van der Waals surface area contributed by atoms with E-state index >= 15 is 0 Å². The molecule has 40 heavy (non-hydrogen) atoms. The highest BCUT2D eigenvalue weighted by atomic mass is 16.3. The summed E-state index contributed by atoms with van der Waals surface area (Å²) in [5.74, 6) is 1.60. The van der Waals surface area contributed by atoms with Crippen LogP contribution in [0.15, 0.2) is 78.9 Å². The quantitative estimate of drug-likeness (QED) is 0.285. The monoisotopic (exact) mass is 527 g/mol. The Hall–Kier alpha value is -4.69. The first-order valence-corrected chi connectivity index (χ1v) is 13.7. The summed E-state index contributed by atoms with van der Waals surface area (Å²) in [6.07, 6.45) is 1.94. The van der Waals surface area contributed by atoms with Crippen molar-refractivity contribution in [1.29, 1.82) is 0 Å². The van der Waals surface area contributed by atoms with Gasteiger partial charge in [0.1, 0.15) is 17.4 Å². The van der Waals surface area contributed by atoms with Crippen molar-refractivity contribution in [2.75, 3.05) is 0 Å². The van der Waals surface area contributed by atoms with E-state index in [-0.39, 0.29) is 6.04 Å². The topological polar surface area (TPSA) is 105 Å². The van der Waals surface area contributed by atoms with Crippen molar-refractivity contribution in [2.24, 2.45) is 0 Å². The Balaban J connectivity index is 1.31. The first-order chi connectivity index (χ1) is 19.6. The summed E-state index contributed by atoms with van der Waals surface area (Å²) in [6.45, 7) is 4.19. The molecule has 0 fully saturated rings. The lowest BCUT2D eigenvalue weighted by Crippen LogP contribution is -2.12. The third-order valence-corrected chi connectivity index (χ3v) is 7.97. The van der Waals surface area contributed by atoms with E-state index in [9.17, 15) is 5.11 Å². The molecule has 1 unspecified atom stereocenters. The van der Waals surface area contributed by atoms with Crippen molar-refractivity contribution < 1.29 is 5.11 Å². The molecular weight excluding hydrogens is 498 g/mol. The second-order valence-corrected chi connectivity index (χ2v) is 10.4. The predicted molar refractivity (Wildman–Crippen MR) is 154 cm³/mol. The predicted octanol–water partition coefficient (Wildman–Crippen LogP) is 5.77. The third-order valence-electron chi connectivity index (χ3n) is 7.97. The number of aryl methyl sites for hydroxylation is 3. The van der Waals surface area contributed by atoms with Crippen molar-refractivity contribution >= 4 is 11.2 Å². The minimum absolute atomic E-state index is 0.132. The smallest absolute Gasteiger partial charge is 0.205 e. The number of hydrogen-bond donors (Lipinski definition) is 2. The number of pyridine rings is 1. The number of aliphatic hydroxyl groups excluding tert-OH is 1. The van der Waals surface area contributed by atoms with Crippen LogP contribution in [0, 0.1) is 6.92 Å². The molecule has 3 heterocycles. The van der Waals surface area contributed by atoms with Gasteiger partial charge in [-0.15, -0.1) is 10.2 Å².